The highest BCUT2D eigenvalue weighted by molar-refractivity contribution is 9.10. The maximum atomic E-state index is 13.0. The molecule has 1 rings (SSSR count). The molecule has 82 valence electrons. The zero-order valence-electron chi connectivity index (χ0n) is 7.07. The van der Waals surface area contributed by atoms with Gasteiger partial charge < -0.3 is 5.11 Å². The van der Waals surface area contributed by atoms with E-state index in [1.807, 2.05) is 0 Å². The molecule has 0 saturated carbocycles. The van der Waals surface area contributed by atoms with Crippen LogP contribution in [0.4, 0.5) is 9.18 Å². The first kappa shape index (κ1) is 11.9. The Kier molecular flexibility index (Phi) is 3.30. The standard InChI is InChI=1S/C7H5BrFNO4S/c8-5-2-1-4(3-6(5)9)15(13,14)10-7(11)12/h1-3,10H,(H,11,12). The topological polar surface area (TPSA) is 83.5 Å². The molecule has 0 aliphatic rings. The maximum absolute atomic E-state index is 13.0. The predicted octanol–water partition coefficient (Wildman–Crippen LogP) is 1.54. The number of sulfonamides is 1. The van der Waals surface area contributed by atoms with Crippen molar-refractivity contribution in [2.24, 2.45) is 0 Å². The number of rotatable bonds is 2. The number of benzene rings is 1. The van der Waals surface area contributed by atoms with E-state index < -0.39 is 26.8 Å². The quantitative estimate of drug-likeness (QED) is 0.867. The van der Waals surface area contributed by atoms with Crippen LogP contribution < -0.4 is 4.72 Å². The Labute approximate surface area is 93.1 Å². The van der Waals surface area contributed by atoms with E-state index in [-0.39, 0.29) is 4.47 Å². The fourth-order valence-corrected chi connectivity index (χ4v) is 1.92. The van der Waals surface area contributed by atoms with E-state index in [2.05, 4.69) is 15.9 Å². The average Bonchev–Trinajstić information content (AvgIpc) is 2.07. The van der Waals surface area contributed by atoms with Gasteiger partial charge >= 0.3 is 6.09 Å². The minimum atomic E-state index is -4.21. The molecular weight excluding hydrogens is 293 g/mol. The van der Waals surface area contributed by atoms with E-state index in [1.54, 1.807) is 0 Å². The molecular formula is C7H5BrFNO4S. The number of halogens is 2. The average molecular weight is 298 g/mol. The van der Waals surface area contributed by atoms with E-state index >= 15 is 0 Å². The van der Waals surface area contributed by atoms with Crippen LogP contribution in [0.3, 0.4) is 0 Å². The number of carbonyl (C=O) groups is 1. The molecule has 0 aliphatic carbocycles. The molecule has 0 atom stereocenters. The fourth-order valence-electron chi connectivity index (χ4n) is 0.818. The predicted molar refractivity (Wildman–Crippen MR) is 52.4 cm³/mol. The Balaban J connectivity index is 3.17. The molecule has 0 spiro atoms. The lowest BCUT2D eigenvalue weighted by Crippen LogP contribution is -2.28. The number of carboxylic acid groups (broad SMARTS) is 1. The Morgan fingerprint density at radius 3 is 2.53 bits per heavy atom. The largest absolute Gasteiger partial charge is 0.464 e. The van der Waals surface area contributed by atoms with Gasteiger partial charge in [-0.3, -0.25) is 0 Å². The highest BCUT2D eigenvalue weighted by Crippen LogP contribution is 2.19. The molecule has 0 aliphatic heterocycles. The van der Waals surface area contributed by atoms with Crippen molar-refractivity contribution < 1.29 is 22.7 Å². The molecule has 8 heteroatoms. The summed E-state index contributed by atoms with van der Waals surface area (Å²) in [6.07, 6.45) is -1.72. The minimum Gasteiger partial charge on any atom is -0.464 e. The van der Waals surface area contributed by atoms with Crippen LogP contribution in [0.25, 0.3) is 0 Å². The Morgan fingerprint density at radius 1 is 1.47 bits per heavy atom. The van der Waals surface area contributed by atoms with Crippen LogP contribution >= 0.6 is 15.9 Å². The Bertz CT molecular complexity index is 502. The van der Waals surface area contributed by atoms with Gasteiger partial charge in [-0.2, -0.15) is 0 Å². The summed E-state index contributed by atoms with van der Waals surface area (Å²) >= 11 is 2.84. The second-order valence-electron chi connectivity index (χ2n) is 2.49. The third-order valence-electron chi connectivity index (χ3n) is 1.42. The summed E-state index contributed by atoms with van der Waals surface area (Å²) < 4.78 is 36.8. The zero-order chi connectivity index (χ0) is 11.6. The van der Waals surface area contributed by atoms with E-state index in [4.69, 9.17) is 5.11 Å². The molecule has 2 N–H and O–H groups in total. The summed E-state index contributed by atoms with van der Waals surface area (Å²) in [7, 11) is -4.21. The van der Waals surface area contributed by atoms with Gasteiger partial charge in [-0.25, -0.2) is 22.3 Å². The van der Waals surface area contributed by atoms with E-state index in [0.29, 0.717) is 0 Å². The first-order chi connectivity index (χ1) is 6.83. The van der Waals surface area contributed by atoms with Gasteiger partial charge in [0.1, 0.15) is 5.82 Å². The zero-order valence-corrected chi connectivity index (χ0v) is 9.47. The molecule has 0 unspecified atom stereocenters. The van der Waals surface area contributed by atoms with Crippen LogP contribution in [0.5, 0.6) is 0 Å². The Morgan fingerprint density at radius 2 is 2.07 bits per heavy atom. The van der Waals surface area contributed by atoms with E-state index in [9.17, 15) is 17.6 Å². The van der Waals surface area contributed by atoms with Crippen LogP contribution in [0.2, 0.25) is 0 Å². The van der Waals surface area contributed by atoms with Crippen LogP contribution in [-0.4, -0.2) is 19.6 Å². The van der Waals surface area contributed by atoms with Crippen molar-refractivity contribution in [3.8, 4) is 0 Å². The molecule has 0 fully saturated rings. The van der Waals surface area contributed by atoms with Crippen molar-refractivity contribution >= 4 is 32.0 Å². The number of amides is 1. The van der Waals surface area contributed by atoms with Crippen molar-refractivity contribution in [3.63, 3.8) is 0 Å². The van der Waals surface area contributed by atoms with Gasteiger partial charge in [0.25, 0.3) is 10.0 Å². The van der Waals surface area contributed by atoms with Gasteiger partial charge in [0.05, 0.1) is 9.37 Å². The van der Waals surface area contributed by atoms with Crippen LogP contribution in [-0.2, 0) is 10.0 Å². The maximum Gasteiger partial charge on any atom is 0.418 e. The number of hydrogen-bond donors (Lipinski definition) is 2. The first-order valence-corrected chi connectivity index (χ1v) is 5.81. The summed E-state index contributed by atoms with van der Waals surface area (Å²) in [5, 5.41) is 8.24. The van der Waals surface area contributed by atoms with Crippen molar-refractivity contribution in [3.05, 3.63) is 28.5 Å². The van der Waals surface area contributed by atoms with Crippen molar-refractivity contribution in [2.75, 3.05) is 0 Å². The monoisotopic (exact) mass is 297 g/mol. The molecule has 0 heterocycles. The second-order valence-corrected chi connectivity index (χ2v) is 5.02. The van der Waals surface area contributed by atoms with Gasteiger partial charge in [0, 0.05) is 0 Å². The fraction of sp³-hybridized carbons (Fsp3) is 0. The summed E-state index contributed by atoms with van der Waals surface area (Å²) in [6, 6.07) is 2.97. The normalized spacial score (nSPS) is 11.1. The van der Waals surface area contributed by atoms with Crippen LogP contribution in [0.15, 0.2) is 27.6 Å². The summed E-state index contributed by atoms with van der Waals surface area (Å²) in [5.41, 5.74) is 0. The van der Waals surface area contributed by atoms with E-state index in [0.717, 1.165) is 12.1 Å². The van der Waals surface area contributed by atoms with Crippen molar-refractivity contribution in [1.82, 2.24) is 4.72 Å². The van der Waals surface area contributed by atoms with Crippen LogP contribution in [0.1, 0.15) is 0 Å². The van der Waals surface area contributed by atoms with Gasteiger partial charge in [-0.1, -0.05) is 0 Å². The molecule has 0 aromatic heterocycles. The van der Waals surface area contributed by atoms with Gasteiger partial charge in [-0.15, -0.1) is 0 Å². The molecule has 1 amide bonds. The lowest BCUT2D eigenvalue weighted by molar-refractivity contribution is 0.201. The van der Waals surface area contributed by atoms with Crippen LogP contribution in [0, 0.1) is 5.82 Å². The third kappa shape index (κ3) is 2.90. The lowest BCUT2D eigenvalue weighted by atomic mass is 10.3. The van der Waals surface area contributed by atoms with Crippen molar-refractivity contribution in [2.45, 2.75) is 4.90 Å². The number of hydrogen-bond acceptors (Lipinski definition) is 3. The molecule has 0 saturated heterocycles. The third-order valence-corrected chi connectivity index (χ3v) is 3.38. The summed E-state index contributed by atoms with van der Waals surface area (Å²) in [6.45, 7) is 0. The highest BCUT2D eigenvalue weighted by atomic mass is 79.9. The summed E-state index contributed by atoms with van der Waals surface area (Å²) in [5.74, 6) is -0.789. The SMILES string of the molecule is O=C(O)NS(=O)(=O)c1ccc(Br)c(F)c1. The van der Waals surface area contributed by atoms with Gasteiger partial charge in [0.2, 0.25) is 0 Å². The molecule has 15 heavy (non-hydrogen) atoms. The van der Waals surface area contributed by atoms with Gasteiger partial charge in [0.15, 0.2) is 0 Å². The molecule has 0 radical (unpaired) electrons. The number of nitrogens with one attached hydrogen (secondary N) is 1. The first-order valence-electron chi connectivity index (χ1n) is 3.54. The second kappa shape index (κ2) is 4.15. The lowest BCUT2D eigenvalue weighted by Gasteiger charge is -2.03. The van der Waals surface area contributed by atoms with E-state index in [1.165, 1.54) is 10.8 Å². The molecule has 1 aromatic rings. The summed E-state index contributed by atoms with van der Waals surface area (Å²) in [4.78, 5) is 9.69. The highest BCUT2D eigenvalue weighted by Gasteiger charge is 2.18. The molecule has 5 nitrogen and oxygen atoms in total. The smallest absolute Gasteiger partial charge is 0.418 e. The molecule has 0 bridgehead atoms. The van der Waals surface area contributed by atoms with Crippen molar-refractivity contribution in [1.29, 1.82) is 0 Å². The van der Waals surface area contributed by atoms with Gasteiger partial charge in [-0.05, 0) is 34.1 Å². The minimum absolute atomic E-state index is 0.0942. The Hall–Kier alpha value is -1.15. The molecule has 1 aromatic carbocycles.